The van der Waals surface area contributed by atoms with E-state index in [0.717, 1.165) is 17.0 Å². The van der Waals surface area contributed by atoms with Crippen molar-refractivity contribution in [2.45, 2.75) is 20.8 Å². The van der Waals surface area contributed by atoms with Gasteiger partial charge in [-0.25, -0.2) is 14.6 Å². The van der Waals surface area contributed by atoms with Crippen molar-refractivity contribution in [3.05, 3.63) is 28.4 Å². The summed E-state index contributed by atoms with van der Waals surface area (Å²) >= 11 is 5.85. The van der Waals surface area contributed by atoms with Gasteiger partial charge in [0.15, 0.2) is 11.0 Å². The van der Waals surface area contributed by atoms with Crippen LogP contribution in [-0.4, -0.2) is 19.7 Å². The maximum atomic E-state index is 5.85. The van der Waals surface area contributed by atoms with Crippen LogP contribution in [0.25, 0.3) is 5.82 Å². The molecule has 0 bridgehead atoms. The Balaban J connectivity index is 2.68. The number of hydrogen-bond donors (Lipinski definition) is 1. The third-order valence-electron chi connectivity index (χ3n) is 2.67. The molecule has 0 fully saturated rings. The minimum absolute atomic E-state index is 0.246. The van der Waals surface area contributed by atoms with Crippen LogP contribution >= 0.6 is 11.6 Å². The molecule has 0 saturated carbocycles. The molecule has 2 rings (SSSR count). The van der Waals surface area contributed by atoms with Gasteiger partial charge in [-0.1, -0.05) is 11.6 Å². The number of rotatable bonds is 1. The van der Waals surface area contributed by atoms with Crippen LogP contribution in [-0.2, 0) is 0 Å². The third-order valence-corrected chi connectivity index (χ3v) is 2.97. The van der Waals surface area contributed by atoms with Crippen molar-refractivity contribution < 1.29 is 0 Å². The lowest BCUT2D eigenvalue weighted by Crippen LogP contribution is -2.07. The monoisotopic (exact) mass is 237 g/mol. The summed E-state index contributed by atoms with van der Waals surface area (Å²) in [6, 6.07) is 0. The maximum absolute atomic E-state index is 5.85. The highest BCUT2D eigenvalue weighted by atomic mass is 35.5. The molecule has 0 atom stereocenters. The molecule has 0 unspecified atom stereocenters. The van der Waals surface area contributed by atoms with Gasteiger partial charge in [-0.2, -0.15) is 5.10 Å². The van der Waals surface area contributed by atoms with E-state index in [4.69, 9.17) is 17.3 Å². The molecule has 6 heteroatoms. The summed E-state index contributed by atoms with van der Waals surface area (Å²) < 4.78 is 1.69. The Labute approximate surface area is 98.3 Å². The molecule has 84 valence electrons. The molecule has 16 heavy (non-hydrogen) atoms. The van der Waals surface area contributed by atoms with Crippen LogP contribution in [0.15, 0.2) is 6.33 Å². The number of hydrogen-bond acceptors (Lipinski definition) is 4. The van der Waals surface area contributed by atoms with Gasteiger partial charge in [0, 0.05) is 5.69 Å². The summed E-state index contributed by atoms with van der Waals surface area (Å²) in [4.78, 5) is 7.92. The Morgan fingerprint density at radius 1 is 1.25 bits per heavy atom. The summed E-state index contributed by atoms with van der Waals surface area (Å²) in [7, 11) is 0. The van der Waals surface area contributed by atoms with E-state index < -0.39 is 0 Å². The topological polar surface area (TPSA) is 69.6 Å². The Morgan fingerprint density at radius 2 is 1.94 bits per heavy atom. The highest BCUT2D eigenvalue weighted by molar-refractivity contribution is 6.32. The van der Waals surface area contributed by atoms with Crippen molar-refractivity contribution in [1.82, 2.24) is 19.7 Å². The smallest absolute Gasteiger partial charge is 0.181 e. The van der Waals surface area contributed by atoms with E-state index in [9.17, 15) is 0 Å². The van der Waals surface area contributed by atoms with E-state index in [2.05, 4.69) is 15.1 Å². The van der Waals surface area contributed by atoms with Gasteiger partial charge in [0.05, 0.1) is 5.69 Å². The van der Waals surface area contributed by atoms with E-state index >= 15 is 0 Å². The number of anilines is 1. The molecule has 2 aromatic rings. The fraction of sp³-hybridized carbons (Fsp3) is 0.300. The van der Waals surface area contributed by atoms with Gasteiger partial charge in [0.2, 0.25) is 0 Å². The predicted molar refractivity (Wildman–Crippen MR) is 62.8 cm³/mol. The second-order valence-corrected chi connectivity index (χ2v) is 3.97. The van der Waals surface area contributed by atoms with Gasteiger partial charge in [0.1, 0.15) is 12.0 Å². The number of nitrogens with zero attached hydrogens (tertiary/aromatic N) is 4. The van der Waals surface area contributed by atoms with Gasteiger partial charge in [-0.3, -0.25) is 0 Å². The van der Waals surface area contributed by atoms with E-state index in [1.165, 1.54) is 6.33 Å². The zero-order chi connectivity index (χ0) is 11.9. The van der Waals surface area contributed by atoms with E-state index in [1.807, 2.05) is 20.8 Å². The molecule has 0 spiro atoms. The molecule has 2 N–H and O–H groups in total. The van der Waals surface area contributed by atoms with Gasteiger partial charge in [0.25, 0.3) is 0 Å². The highest BCUT2D eigenvalue weighted by Gasteiger charge is 2.14. The second kappa shape index (κ2) is 3.75. The van der Waals surface area contributed by atoms with Crippen LogP contribution < -0.4 is 5.73 Å². The highest BCUT2D eigenvalue weighted by Crippen LogP contribution is 2.23. The molecule has 5 nitrogen and oxygen atoms in total. The molecular weight excluding hydrogens is 226 g/mol. The second-order valence-electron chi connectivity index (χ2n) is 3.61. The SMILES string of the molecule is Cc1nn(-c2ncnc(Cl)c2N)c(C)c1C. The lowest BCUT2D eigenvalue weighted by Gasteiger charge is -2.06. The van der Waals surface area contributed by atoms with Crippen LogP contribution in [0.4, 0.5) is 5.69 Å². The maximum Gasteiger partial charge on any atom is 0.181 e. The summed E-state index contributed by atoms with van der Waals surface area (Å²) in [5.41, 5.74) is 9.24. The number of halogens is 1. The van der Waals surface area contributed by atoms with Crippen molar-refractivity contribution in [1.29, 1.82) is 0 Å². The number of nitrogen functional groups attached to an aromatic ring is 1. The van der Waals surface area contributed by atoms with E-state index in [-0.39, 0.29) is 5.15 Å². The molecule has 2 heterocycles. The van der Waals surface area contributed by atoms with E-state index in [1.54, 1.807) is 4.68 Å². The van der Waals surface area contributed by atoms with Crippen molar-refractivity contribution in [2.75, 3.05) is 5.73 Å². The first-order valence-corrected chi connectivity index (χ1v) is 5.19. The van der Waals surface area contributed by atoms with Crippen LogP contribution in [0.2, 0.25) is 5.15 Å². The molecule has 0 aliphatic carbocycles. The van der Waals surface area contributed by atoms with E-state index in [0.29, 0.717) is 11.5 Å². The van der Waals surface area contributed by atoms with Crippen LogP contribution in [0, 0.1) is 20.8 Å². The summed E-state index contributed by atoms with van der Waals surface area (Å²) in [5.74, 6) is 0.522. The van der Waals surface area contributed by atoms with Crippen molar-refractivity contribution >= 4 is 17.3 Å². The number of nitrogens with two attached hydrogens (primary N) is 1. The third kappa shape index (κ3) is 1.53. The molecule has 0 amide bonds. The van der Waals surface area contributed by atoms with Crippen molar-refractivity contribution in [3.8, 4) is 5.82 Å². The number of aryl methyl sites for hydroxylation is 1. The minimum Gasteiger partial charge on any atom is -0.393 e. The largest absolute Gasteiger partial charge is 0.393 e. The average Bonchev–Trinajstić information content (AvgIpc) is 2.50. The predicted octanol–water partition coefficient (Wildman–Crippen LogP) is 1.82. The Bertz CT molecular complexity index is 546. The summed E-state index contributed by atoms with van der Waals surface area (Å²) in [5, 5.41) is 4.62. The van der Waals surface area contributed by atoms with Crippen LogP contribution in [0.3, 0.4) is 0 Å². The normalized spacial score (nSPS) is 10.8. The Hall–Kier alpha value is -1.62. The lowest BCUT2D eigenvalue weighted by molar-refractivity contribution is 0.803. The fourth-order valence-corrected chi connectivity index (χ4v) is 1.59. The molecule has 0 aliphatic heterocycles. The summed E-state index contributed by atoms with van der Waals surface area (Å²) in [6.45, 7) is 5.91. The first kappa shape index (κ1) is 10.9. The molecule has 0 saturated heterocycles. The molecular formula is C10H12ClN5. The Morgan fingerprint density at radius 3 is 2.50 bits per heavy atom. The van der Waals surface area contributed by atoms with Gasteiger partial charge < -0.3 is 5.73 Å². The Kier molecular flexibility index (Phi) is 2.55. The zero-order valence-corrected chi connectivity index (χ0v) is 10.1. The van der Waals surface area contributed by atoms with Crippen molar-refractivity contribution in [3.63, 3.8) is 0 Å². The molecule has 0 aliphatic rings. The molecule has 0 aromatic carbocycles. The molecule has 0 radical (unpaired) electrons. The number of aromatic nitrogens is 4. The fourth-order valence-electron chi connectivity index (χ4n) is 1.46. The first-order chi connectivity index (χ1) is 7.52. The average molecular weight is 238 g/mol. The standard InChI is InChI=1S/C10H12ClN5/c1-5-6(2)15-16(7(5)3)10-8(12)9(11)13-4-14-10/h4H,12H2,1-3H3. The first-order valence-electron chi connectivity index (χ1n) is 4.81. The zero-order valence-electron chi connectivity index (χ0n) is 9.32. The lowest BCUT2D eigenvalue weighted by atomic mass is 10.2. The van der Waals surface area contributed by atoms with Crippen LogP contribution in [0.5, 0.6) is 0 Å². The summed E-state index contributed by atoms with van der Waals surface area (Å²) in [6.07, 6.45) is 1.37. The van der Waals surface area contributed by atoms with Crippen molar-refractivity contribution in [2.24, 2.45) is 0 Å². The van der Waals surface area contributed by atoms with Gasteiger partial charge >= 0.3 is 0 Å². The van der Waals surface area contributed by atoms with Gasteiger partial charge in [-0.15, -0.1) is 0 Å². The minimum atomic E-state index is 0.246. The molecule has 2 aromatic heterocycles. The van der Waals surface area contributed by atoms with Crippen LogP contribution in [0.1, 0.15) is 17.0 Å². The van der Waals surface area contributed by atoms with Gasteiger partial charge in [-0.05, 0) is 26.3 Å². The quantitative estimate of drug-likeness (QED) is 0.769.